The summed E-state index contributed by atoms with van der Waals surface area (Å²) in [6.45, 7) is 2.42. The number of nitrogens with two attached hydrogens (primary N) is 1. The molecule has 5 heteroatoms. The van der Waals surface area contributed by atoms with Crippen LogP contribution in [-0.2, 0) is 0 Å². The Morgan fingerprint density at radius 3 is 2.94 bits per heavy atom. The maximum absolute atomic E-state index is 11.9. The molecule has 0 atom stereocenters. The van der Waals surface area contributed by atoms with Gasteiger partial charge in [-0.05, 0) is 25.1 Å². The summed E-state index contributed by atoms with van der Waals surface area (Å²) in [6, 6.07) is 5.45. The lowest BCUT2D eigenvalue weighted by Gasteiger charge is -2.09. The van der Waals surface area contributed by atoms with Gasteiger partial charge in [-0.3, -0.25) is 9.78 Å². The fourth-order valence-electron chi connectivity index (χ4n) is 1.71. The lowest BCUT2D eigenvalue weighted by Crippen LogP contribution is -2.24. The molecule has 2 aromatic rings. The highest BCUT2D eigenvalue weighted by Crippen LogP contribution is 2.29. The van der Waals surface area contributed by atoms with E-state index in [2.05, 4.69) is 26.2 Å². The van der Waals surface area contributed by atoms with Crippen LogP contribution in [0.1, 0.15) is 17.4 Å². The van der Waals surface area contributed by atoms with Crippen molar-refractivity contribution >= 4 is 38.3 Å². The maximum atomic E-state index is 11.9. The lowest BCUT2D eigenvalue weighted by atomic mass is 10.1. The molecule has 1 heterocycles. The molecule has 0 unspecified atom stereocenters. The Labute approximate surface area is 107 Å². The van der Waals surface area contributed by atoms with Crippen molar-refractivity contribution in [3.8, 4) is 0 Å². The molecule has 0 aliphatic rings. The van der Waals surface area contributed by atoms with Crippen LogP contribution in [0.2, 0.25) is 0 Å². The second-order valence-electron chi connectivity index (χ2n) is 3.58. The van der Waals surface area contributed by atoms with Crippen molar-refractivity contribution in [2.24, 2.45) is 0 Å². The predicted octanol–water partition coefficient (Wildman–Crippen LogP) is 2.33. The van der Waals surface area contributed by atoms with E-state index in [1.165, 1.54) is 0 Å². The zero-order valence-corrected chi connectivity index (χ0v) is 10.9. The van der Waals surface area contributed by atoms with Crippen LogP contribution in [0.4, 0.5) is 5.69 Å². The maximum Gasteiger partial charge on any atom is 0.270 e. The van der Waals surface area contributed by atoms with Crippen molar-refractivity contribution in [1.82, 2.24) is 10.3 Å². The number of nitrogens with one attached hydrogen (secondary N) is 1. The van der Waals surface area contributed by atoms with E-state index in [-0.39, 0.29) is 5.91 Å². The molecule has 0 spiro atoms. The minimum Gasteiger partial charge on any atom is -0.398 e. The van der Waals surface area contributed by atoms with Gasteiger partial charge in [0.25, 0.3) is 5.91 Å². The number of carbonyl (C=O) groups excluding carboxylic acids is 1. The number of pyridine rings is 1. The smallest absolute Gasteiger partial charge is 0.270 e. The lowest BCUT2D eigenvalue weighted by molar-refractivity contribution is 0.0952. The number of halogens is 1. The minimum atomic E-state index is -0.206. The largest absolute Gasteiger partial charge is 0.398 e. The number of rotatable bonds is 2. The number of hydrogen-bond donors (Lipinski definition) is 2. The molecular formula is C12H12BrN3O. The van der Waals surface area contributed by atoms with Crippen molar-refractivity contribution in [2.45, 2.75) is 6.92 Å². The van der Waals surface area contributed by atoms with Crippen LogP contribution in [0.3, 0.4) is 0 Å². The van der Waals surface area contributed by atoms with Gasteiger partial charge in [-0.15, -0.1) is 0 Å². The Bertz CT molecular complexity index is 583. The molecule has 1 aromatic carbocycles. The summed E-state index contributed by atoms with van der Waals surface area (Å²) in [7, 11) is 0. The standard InChI is InChI=1S/C12H12BrN3O/c1-2-15-12(17)11-10-7(5-6-16-11)8(13)3-4-9(10)14/h3-6H,2,14H2,1H3,(H,15,17). The van der Waals surface area contributed by atoms with Crippen LogP contribution < -0.4 is 11.1 Å². The van der Waals surface area contributed by atoms with Gasteiger partial charge < -0.3 is 11.1 Å². The number of nitrogens with zero attached hydrogens (tertiary/aromatic N) is 1. The van der Waals surface area contributed by atoms with Gasteiger partial charge in [0.05, 0.1) is 0 Å². The van der Waals surface area contributed by atoms with Crippen LogP contribution in [0, 0.1) is 0 Å². The van der Waals surface area contributed by atoms with Crippen LogP contribution in [0.25, 0.3) is 10.8 Å². The molecule has 0 aliphatic carbocycles. The van der Waals surface area contributed by atoms with E-state index in [4.69, 9.17) is 5.73 Å². The van der Waals surface area contributed by atoms with E-state index in [1.54, 1.807) is 12.3 Å². The topological polar surface area (TPSA) is 68.0 Å². The highest BCUT2D eigenvalue weighted by Gasteiger charge is 2.14. The first-order chi connectivity index (χ1) is 8.15. The number of fused-ring (bicyclic) bond motifs is 1. The Hall–Kier alpha value is -1.62. The zero-order valence-electron chi connectivity index (χ0n) is 9.33. The molecular weight excluding hydrogens is 282 g/mol. The third-order valence-corrected chi connectivity index (χ3v) is 3.15. The average molecular weight is 294 g/mol. The number of aromatic nitrogens is 1. The molecule has 1 amide bonds. The molecule has 0 fully saturated rings. The summed E-state index contributed by atoms with van der Waals surface area (Å²) in [5.41, 5.74) is 6.84. The van der Waals surface area contributed by atoms with E-state index in [1.807, 2.05) is 19.1 Å². The summed E-state index contributed by atoms with van der Waals surface area (Å²) in [4.78, 5) is 16.0. The Balaban J connectivity index is 2.72. The molecule has 2 rings (SSSR count). The van der Waals surface area contributed by atoms with Gasteiger partial charge in [-0.2, -0.15) is 0 Å². The number of nitrogen functional groups attached to an aromatic ring is 1. The Morgan fingerprint density at radius 1 is 1.47 bits per heavy atom. The average Bonchev–Trinajstić information content (AvgIpc) is 2.34. The molecule has 0 saturated carbocycles. The molecule has 1 aromatic heterocycles. The summed E-state index contributed by atoms with van der Waals surface area (Å²) in [5, 5.41) is 4.31. The van der Waals surface area contributed by atoms with Crippen LogP contribution >= 0.6 is 15.9 Å². The normalized spacial score (nSPS) is 10.5. The molecule has 0 bridgehead atoms. The molecule has 17 heavy (non-hydrogen) atoms. The van der Waals surface area contributed by atoms with E-state index >= 15 is 0 Å². The van der Waals surface area contributed by atoms with E-state index in [9.17, 15) is 4.79 Å². The van der Waals surface area contributed by atoms with Crippen molar-refractivity contribution in [1.29, 1.82) is 0 Å². The van der Waals surface area contributed by atoms with Crippen LogP contribution in [0.15, 0.2) is 28.9 Å². The van der Waals surface area contributed by atoms with Gasteiger partial charge in [0.2, 0.25) is 0 Å². The number of anilines is 1. The quantitative estimate of drug-likeness (QED) is 0.835. The molecule has 0 saturated heterocycles. The first-order valence-corrected chi connectivity index (χ1v) is 6.05. The van der Waals surface area contributed by atoms with Crippen molar-refractivity contribution in [3.63, 3.8) is 0 Å². The first kappa shape index (κ1) is 11.9. The summed E-state index contributed by atoms with van der Waals surface area (Å²) < 4.78 is 0.898. The third-order valence-electron chi connectivity index (χ3n) is 2.46. The minimum absolute atomic E-state index is 0.206. The molecule has 88 valence electrons. The van der Waals surface area contributed by atoms with Gasteiger partial charge in [0.1, 0.15) is 5.69 Å². The fraction of sp³-hybridized carbons (Fsp3) is 0.167. The summed E-state index contributed by atoms with van der Waals surface area (Å²) in [5.74, 6) is -0.206. The van der Waals surface area contributed by atoms with E-state index in [0.29, 0.717) is 23.3 Å². The SMILES string of the molecule is CCNC(=O)c1nccc2c(Br)ccc(N)c12. The summed E-state index contributed by atoms with van der Waals surface area (Å²) >= 11 is 3.44. The molecule has 3 N–H and O–H groups in total. The predicted molar refractivity (Wildman–Crippen MR) is 71.9 cm³/mol. The van der Waals surface area contributed by atoms with Crippen LogP contribution in [0.5, 0.6) is 0 Å². The van der Waals surface area contributed by atoms with E-state index < -0.39 is 0 Å². The second kappa shape index (κ2) is 4.71. The monoisotopic (exact) mass is 293 g/mol. The number of hydrogen-bond acceptors (Lipinski definition) is 3. The Kier molecular flexibility index (Phi) is 3.28. The molecule has 0 aliphatic heterocycles. The van der Waals surface area contributed by atoms with E-state index in [0.717, 1.165) is 9.86 Å². The van der Waals surface area contributed by atoms with Crippen molar-refractivity contribution in [2.75, 3.05) is 12.3 Å². The van der Waals surface area contributed by atoms with Gasteiger partial charge in [0.15, 0.2) is 0 Å². The highest BCUT2D eigenvalue weighted by molar-refractivity contribution is 9.10. The van der Waals surface area contributed by atoms with Crippen LogP contribution in [-0.4, -0.2) is 17.4 Å². The van der Waals surface area contributed by atoms with Gasteiger partial charge >= 0.3 is 0 Å². The number of benzene rings is 1. The Morgan fingerprint density at radius 2 is 2.24 bits per heavy atom. The number of amides is 1. The van der Waals surface area contributed by atoms with Crippen molar-refractivity contribution < 1.29 is 4.79 Å². The second-order valence-corrected chi connectivity index (χ2v) is 4.43. The highest BCUT2D eigenvalue weighted by atomic mass is 79.9. The molecule has 4 nitrogen and oxygen atoms in total. The zero-order chi connectivity index (χ0) is 12.4. The summed E-state index contributed by atoms with van der Waals surface area (Å²) in [6.07, 6.45) is 1.61. The first-order valence-electron chi connectivity index (χ1n) is 5.26. The van der Waals surface area contributed by atoms with Gasteiger partial charge in [0, 0.05) is 33.7 Å². The van der Waals surface area contributed by atoms with Gasteiger partial charge in [-0.1, -0.05) is 15.9 Å². The number of carbonyl (C=O) groups is 1. The fourth-order valence-corrected chi connectivity index (χ4v) is 2.17. The van der Waals surface area contributed by atoms with Gasteiger partial charge in [-0.25, -0.2) is 0 Å². The van der Waals surface area contributed by atoms with Crippen molar-refractivity contribution in [3.05, 3.63) is 34.6 Å². The third kappa shape index (κ3) is 2.10. The molecule has 0 radical (unpaired) electrons.